The molecule has 14 heavy (non-hydrogen) atoms. The lowest BCUT2D eigenvalue weighted by Gasteiger charge is -2.14. The Hall–Kier alpha value is -0.810. The maximum Gasteiger partial charge on any atom is 0.153 e. The number of amidine groups is 1. The molecule has 5 heteroatoms. The number of hydrogen-bond acceptors (Lipinski definition) is 4. The van der Waals surface area contributed by atoms with E-state index in [-0.39, 0.29) is 5.84 Å². The second-order valence-electron chi connectivity index (χ2n) is 3.64. The summed E-state index contributed by atoms with van der Waals surface area (Å²) < 4.78 is 5.36. The number of likely N-dealkylation sites (tertiary alicyclic amines) is 1. The van der Waals surface area contributed by atoms with E-state index in [0.29, 0.717) is 12.5 Å². The molecule has 1 saturated heterocycles. The van der Waals surface area contributed by atoms with Crippen LogP contribution in [-0.4, -0.2) is 48.8 Å². The third-order valence-corrected chi connectivity index (χ3v) is 2.44. The Morgan fingerprint density at radius 2 is 2.50 bits per heavy atom. The summed E-state index contributed by atoms with van der Waals surface area (Å²) in [7, 11) is 0. The van der Waals surface area contributed by atoms with Crippen LogP contribution in [0.15, 0.2) is 5.16 Å². The Bertz CT molecular complexity index is 196. The van der Waals surface area contributed by atoms with Crippen molar-refractivity contribution >= 4 is 5.84 Å². The fraction of sp³-hybridized carbons (Fsp3) is 0.889. The van der Waals surface area contributed by atoms with Crippen LogP contribution in [0.2, 0.25) is 0 Å². The number of nitrogens with two attached hydrogens (primary N) is 1. The minimum atomic E-state index is 0.280. The van der Waals surface area contributed by atoms with Crippen molar-refractivity contribution in [3.05, 3.63) is 0 Å². The van der Waals surface area contributed by atoms with Gasteiger partial charge in [0.1, 0.15) is 0 Å². The van der Waals surface area contributed by atoms with E-state index in [4.69, 9.17) is 15.7 Å². The van der Waals surface area contributed by atoms with E-state index in [0.717, 1.165) is 32.7 Å². The van der Waals surface area contributed by atoms with Crippen LogP contribution < -0.4 is 5.73 Å². The van der Waals surface area contributed by atoms with Gasteiger partial charge in [0.25, 0.3) is 0 Å². The van der Waals surface area contributed by atoms with E-state index in [1.165, 1.54) is 0 Å². The van der Waals surface area contributed by atoms with Crippen LogP contribution in [0.3, 0.4) is 0 Å². The highest BCUT2D eigenvalue weighted by molar-refractivity contribution is 5.81. The summed E-state index contributed by atoms with van der Waals surface area (Å²) in [6.45, 7) is 6.15. The molecular formula is C9H19N3O2. The lowest BCUT2D eigenvalue weighted by Crippen LogP contribution is -2.32. The van der Waals surface area contributed by atoms with E-state index < -0.39 is 0 Å². The van der Waals surface area contributed by atoms with Crippen LogP contribution in [-0.2, 0) is 4.74 Å². The molecule has 0 bridgehead atoms. The van der Waals surface area contributed by atoms with E-state index in [9.17, 15) is 0 Å². The SMILES string of the molecule is CCOCC1CCN(CC(N)=NO)C1. The standard InChI is InChI=1S/C9H19N3O2/c1-2-14-7-8-3-4-12(5-8)6-9(10)11-13/h8,13H,2-7H2,1H3,(H2,10,11). The van der Waals surface area contributed by atoms with Crippen LogP contribution in [0, 0.1) is 5.92 Å². The Morgan fingerprint density at radius 3 is 3.14 bits per heavy atom. The number of oxime groups is 1. The van der Waals surface area contributed by atoms with Crippen molar-refractivity contribution in [2.45, 2.75) is 13.3 Å². The van der Waals surface area contributed by atoms with Crippen LogP contribution in [0.25, 0.3) is 0 Å². The second kappa shape index (κ2) is 5.82. The molecule has 1 aliphatic rings. The molecule has 82 valence electrons. The minimum absolute atomic E-state index is 0.280. The molecule has 1 heterocycles. The summed E-state index contributed by atoms with van der Waals surface area (Å²) >= 11 is 0. The lowest BCUT2D eigenvalue weighted by atomic mass is 10.1. The molecule has 0 spiro atoms. The summed E-state index contributed by atoms with van der Waals surface area (Å²) in [5, 5.41) is 11.4. The monoisotopic (exact) mass is 201 g/mol. The van der Waals surface area contributed by atoms with Gasteiger partial charge < -0.3 is 15.7 Å². The Labute approximate surface area is 84.5 Å². The van der Waals surface area contributed by atoms with Crippen molar-refractivity contribution in [3.63, 3.8) is 0 Å². The summed E-state index contributed by atoms with van der Waals surface area (Å²) in [6.07, 6.45) is 1.14. The highest BCUT2D eigenvalue weighted by Crippen LogP contribution is 2.15. The molecule has 0 aliphatic carbocycles. The third-order valence-electron chi connectivity index (χ3n) is 2.44. The van der Waals surface area contributed by atoms with Gasteiger partial charge in [-0.05, 0) is 25.8 Å². The lowest BCUT2D eigenvalue weighted by molar-refractivity contribution is 0.113. The molecule has 3 N–H and O–H groups in total. The molecule has 0 amide bonds. The smallest absolute Gasteiger partial charge is 0.153 e. The minimum Gasteiger partial charge on any atom is -0.409 e. The average Bonchev–Trinajstić information content (AvgIpc) is 2.62. The molecule has 1 rings (SSSR count). The molecule has 0 saturated carbocycles. The number of hydrogen-bond donors (Lipinski definition) is 2. The molecule has 0 radical (unpaired) electrons. The van der Waals surface area contributed by atoms with Crippen molar-refractivity contribution in [2.24, 2.45) is 16.8 Å². The predicted molar refractivity (Wildman–Crippen MR) is 54.4 cm³/mol. The van der Waals surface area contributed by atoms with Gasteiger partial charge in [0.05, 0.1) is 13.2 Å². The molecule has 0 aromatic rings. The molecule has 1 fully saturated rings. The van der Waals surface area contributed by atoms with Crippen LogP contribution in [0.4, 0.5) is 0 Å². The third kappa shape index (κ3) is 3.51. The molecular weight excluding hydrogens is 182 g/mol. The zero-order valence-corrected chi connectivity index (χ0v) is 8.65. The van der Waals surface area contributed by atoms with Gasteiger partial charge in [-0.25, -0.2) is 0 Å². The van der Waals surface area contributed by atoms with Gasteiger partial charge in [0.15, 0.2) is 5.84 Å². The zero-order valence-electron chi connectivity index (χ0n) is 8.65. The predicted octanol–water partition coefficient (Wildman–Crippen LogP) is 0.0912. The maximum atomic E-state index is 8.41. The molecule has 1 aliphatic heterocycles. The van der Waals surface area contributed by atoms with Crippen LogP contribution >= 0.6 is 0 Å². The topological polar surface area (TPSA) is 71.1 Å². The highest BCUT2D eigenvalue weighted by Gasteiger charge is 2.22. The summed E-state index contributed by atoms with van der Waals surface area (Å²) in [5.41, 5.74) is 5.43. The zero-order chi connectivity index (χ0) is 10.4. The van der Waals surface area contributed by atoms with Crippen molar-refractivity contribution in [1.29, 1.82) is 0 Å². The van der Waals surface area contributed by atoms with Crippen molar-refractivity contribution in [1.82, 2.24) is 4.90 Å². The second-order valence-corrected chi connectivity index (χ2v) is 3.64. The van der Waals surface area contributed by atoms with E-state index in [1.54, 1.807) is 0 Å². The van der Waals surface area contributed by atoms with Gasteiger partial charge >= 0.3 is 0 Å². The molecule has 1 unspecified atom stereocenters. The number of rotatable bonds is 5. The van der Waals surface area contributed by atoms with Gasteiger partial charge in [-0.15, -0.1) is 0 Å². The summed E-state index contributed by atoms with van der Waals surface area (Å²) in [5.74, 6) is 0.878. The molecule has 5 nitrogen and oxygen atoms in total. The van der Waals surface area contributed by atoms with E-state index >= 15 is 0 Å². The first-order valence-electron chi connectivity index (χ1n) is 5.02. The molecule has 0 aromatic carbocycles. The molecule has 0 aromatic heterocycles. The molecule has 1 atom stereocenters. The van der Waals surface area contributed by atoms with Gasteiger partial charge in [-0.2, -0.15) is 0 Å². The Balaban J connectivity index is 2.20. The largest absolute Gasteiger partial charge is 0.409 e. The first-order valence-corrected chi connectivity index (χ1v) is 5.02. The fourth-order valence-electron chi connectivity index (χ4n) is 1.74. The quantitative estimate of drug-likeness (QED) is 0.286. The van der Waals surface area contributed by atoms with Gasteiger partial charge in [0.2, 0.25) is 0 Å². The fourth-order valence-corrected chi connectivity index (χ4v) is 1.74. The first-order chi connectivity index (χ1) is 6.76. The normalized spacial score (nSPS) is 24.4. The summed E-state index contributed by atoms with van der Waals surface area (Å²) in [6, 6.07) is 0. The van der Waals surface area contributed by atoms with Crippen molar-refractivity contribution in [3.8, 4) is 0 Å². The Morgan fingerprint density at radius 1 is 1.71 bits per heavy atom. The maximum absolute atomic E-state index is 8.41. The van der Waals surface area contributed by atoms with Crippen molar-refractivity contribution < 1.29 is 9.94 Å². The van der Waals surface area contributed by atoms with Crippen LogP contribution in [0.5, 0.6) is 0 Å². The van der Waals surface area contributed by atoms with E-state index in [1.807, 2.05) is 6.92 Å². The van der Waals surface area contributed by atoms with Gasteiger partial charge in [0, 0.05) is 13.2 Å². The summed E-state index contributed by atoms with van der Waals surface area (Å²) in [4.78, 5) is 2.18. The van der Waals surface area contributed by atoms with E-state index in [2.05, 4.69) is 10.1 Å². The Kier molecular flexibility index (Phi) is 4.69. The first kappa shape index (κ1) is 11.3. The highest BCUT2D eigenvalue weighted by atomic mass is 16.5. The van der Waals surface area contributed by atoms with Gasteiger partial charge in [-0.3, -0.25) is 4.90 Å². The number of nitrogens with zero attached hydrogens (tertiary/aromatic N) is 2. The number of ether oxygens (including phenoxy) is 1. The van der Waals surface area contributed by atoms with Crippen LogP contribution in [0.1, 0.15) is 13.3 Å². The van der Waals surface area contributed by atoms with Gasteiger partial charge in [-0.1, -0.05) is 5.16 Å². The average molecular weight is 201 g/mol. The van der Waals surface area contributed by atoms with Crippen molar-refractivity contribution in [2.75, 3.05) is 32.8 Å².